The van der Waals surface area contributed by atoms with Crippen molar-refractivity contribution in [3.8, 4) is 0 Å². The molecule has 2 aromatic carbocycles. The van der Waals surface area contributed by atoms with Gasteiger partial charge in [0.05, 0.1) is 24.6 Å². The summed E-state index contributed by atoms with van der Waals surface area (Å²) in [6.45, 7) is 0. The molecule has 0 saturated heterocycles. The predicted octanol–water partition coefficient (Wildman–Crippen LogP) is 3.22. The Labute approximate surface area is 155 Å². The first-order chi connectivity index (χ1) is 12.6. The third-order valence-electron chi connectivity index (χ3n) is 3.81. The molecule has 0 fully saturated rings. The Bertz CT molecular complexity index is 839. The van der Waals surface area contributed by atoms with E-state index in [0.29, 0.717) is 10.7 Å². The normalized spacial score (nSPS) is 10.7. The van der Waals surface area contributed by atoms with E-state index in [0.717, 1.165) is 11.1 Å². The van der Waals surface area contributed by atoms with Gasteiger partial charge in [0.2, 0.25) is 5.91 Å². The Morgan fingerprint density at radius 1 is 0.962 bits per heavy atom. The first-order valence-electron chi connectivity index (χ1n) is 8.16. The lowest BCUT2D eigenvalue weighted by atomic mass is 9.98. The van der Waals surface area contributed by atoms with Gasteiger partial charge >= 0.3 is 5.97 Å². The molecule has 1 aromatic heterocycles. The number of hydrogen-bond acceptors (Lipinski definition) is 4. The Balaban J connectivity index is 1.73. The molecule has 3 rings (SSSR count). The van der Waals surface area contributed by atoms with Crippen molar-refractivity contribution in [3.63, 3.8) is 0 Å². The van der Waals surface area contributed by atoms with Gasteiger partial charge in [0, 0.05) is 5.38 Å². The van der Waals surface area contributed by atoms with Crippen LogP contribution in [0.5, 0.6) is 0 Å². The number of carbonyl (C=O) groups excluding carboxylic acids is 1. The summed E-state index contributed by atoms with van der Waals surface area (Å²) in [6.07, 6.45) is -0.00473. The maximum absolute atomic E-state index is 12.5. The summed E-state index contributed by atoms with van der Waals surface area (Å²) in [5, 5.41) is 14.2. The highest BCUT2D eigenvalue weighted by Gasteiger charge is 2.18. The molecule has 26 heavy (non-hydrogen) atoms. The number of hydrogen-bond donors (Lipinski definition) is 2. The van der Waals surface area contributed by atoms with Crippen molar-refractivity contribution >= 4 is 23.2 Å². The van der Waals surface area contributed by atoms with Gasteiger partial charge in [0.25, 0.3) is 0 Å². The van der Waals surface area contributed by atoms with Crippen LogP contribution in [0, 0.1) is 0 Å². The van der Waals surface area contributed by atoms with Crippen molar-refractivity contribution in [2.45, 2.75) is 18.9 Å². The summed E-state index contributed by atoms with van der Waals surface area (Å²) >= 11 is 1.30. The third kappa shape index (κ3) is 4.77. The van der Waals surface area contributed by atoms with Crippen LogP contribution in [0.15, 0.2) is 66.0 Å². The largest absolute Gasteiger partial charge is 0.481 e. The number of nitrogens with zero attached hydrogens (tertiary/aromatic N) is 1. The number of carboxylic acid groups (broad SMARTS) is 1. The van der Waals surface area contributed by atoms with Gasteiger partial charge in [0.15, 0.2) is 0 Å². The number of aliphatic carboxylic acids is 1. The fourth-order valence-corrected chi connectivity index (χ4v) is 3.46. The topological polar surface area (TPSA) is 79.3 Å². The summed E-state index contributed by atoms with van der Waals surface area (Å²) in [4.78, 5) is 27.5. The van der Waals surface area contributed by atoms with E-state index in [1.807, 2.05) is 60.7 Å². The molecule has 2 N–H and O–H groups in total. The lowest BCUT2D eigenvalue weighted by molar-refractivity contribution is -0.136. The maximum atomic E-state index is 12.5. The summed E-state index contributed by atoms with van der Waals surface area (Å²) in [7, 11) is 0. The van der Waals surface area contributed by atoms with Gasteiger partial charge in [-0.2, -0.15) is 0 Å². The maximum Gasteiger partial charge on any atom is 0.309 e. The minimum absolute atomic E-state index is 0.125. The third-order valence-corrected chi connectivity index (χ3v) is 4.71. The molecule has 0 aliphatic heterocycles. The number of rotatable bonds is 7. The van der Waals surface area contributed by atoms with E-state index in [1.54, 1.807) is 5.38 Å². The van der Waals surface area contributed by atoms with E-state index in [1.165, 1.54) is 11.3 Å². The molecule has 0 unspecified atom stereocenters. The van der Waals surface area contributed by atoms with Crippen molar-refractivity contribution in [2.75, 3.05) is 0 Å². The molecule has 1 amide bonds. The highest BCUT2D eigenvalue weighted by atomic mass is 32.1. The standard InChI is InChI=1S/C20H18N2O3S/c23-17(12-18-21-16(13-26-18)11-19(24)25)22-20(14-7-3-1-4-8-14)15-9-5-2-6-10-15/h1-10,13,20H,11-12H2,(H,22,23)(H,24,25). The minimum atomic E-state index is -0.931. The van der Waals surface area contributed by atoms with E-state index in [4.69, 9.17) is 5.11 Å². The van der Waals surface area contributed by atoms with E-state index in [-0.39, 0.29) is 24.8 Å². The molecule has 0 saturated carbocycles. The molecular formula is C20H18N2O3S. The number of thiazole rings is 1. The number of aromatic nitrogens is 1. The van der Waals surface area contributed by atoms with E-state index >= 15 is 0 Å². The monoisotopic (exact) mass is 366 g/mol. The Morgan fingerprint density at radius 2 is 1.54 bits per heavy atom. The fourth-order valence-electron chi connectivity index (χ4n) is 2.67. The molecule has 5 nitrogen and oxygen atoms in total. The average molecular weight is 366 g/mol. The highest BCUT2D eigenvalue weighted by molar-refractivity contribution is 7.09. The molecular weight excluding hydrogens is 348 g/mol. The quantitative estimate of drug-likeness (QED) is 0.673. The van der Waals surface area contributed by atoms with Crippen molar-refractivity contribution in [2.24, 2.45) is 0 Å². The molecule has 0 spiro atoms. The number of carboxylic acids is 1. The number of amides is 1. The van der Waals surface area contributed by atoms with Crippen LogP contribution in [-0.4, -0.2) is 22.0 Å². The molecule has 0 aliphatic carbocycles. The Morgan fingerprint density at radius 3 is 2.08 bits per heavy atom. The lowest BCUT2D eigenvalue weighted by Gasteiger charge is -2.19. The summed E-state index contributed by atoms with van der Waals surface area (Å²) < 4.78 is 0. The zero-order chi connectivity index (χ0) is 18.4. The van der Waals surface area contributed by atoms with Crippen LogP contribution in [0.1, 0.15) is 27.9 Å². The average Bonchev–Trinajstić information content (AvgIpc) is 3.07. The van der Waals surface area contributed by atoms with Gasteiger partial charge in [-0.1, -0.05) is 60.7 Å². The lowest BCUT2D eigenvalue weighted by Crippen LogP contribution is -2.30. The molecule has 3 aromatic rings. The molecule has 0 atom stereocenters. The first kappa shape index (κ1) is 17.8. The fraction of sp³-hybridized carbons (Fsp3) is 0.150. The molecule has 132 valence electrons. The van der Waals surface area contributed by atoms with Crippen molar-refractivity contribution in [3.05, 3.63) is 87.9 Å². The van der Waals surface area contributed by atoms with Crippen molar-refractivity contribution < 1.29 is 14.7 Å². The van der Waals surface area contributed by atoms with Crippen LogP contribution < -0.4 is 5.32 Å². The number of benzene rings is 2. The molecule has 6 heteroatoms. The van der Waals surface area contributed by atoms with Gasteiger partial charge in [-0.15, -0.1) is 11.3 Å². The zero-order valence-electron chi connectivity index (χ0n) is 14.0. The van der Waals surface area contributed by atoms with E-state index < -0.39 is 5.97 Å². The second kappa shape index (κ2) is 8.40. The van der Waals surface area contributed by atoms with Gasteiger partial charge in [-0.05, 0) is 11.1 Å². The second-order valence-corrected chi connectivity index (χ2v) is 6.74. The van der Waals surface area contributed by atoms with Crippen LogP contribution in [0.4, 0.5) is 0 Å². The minimum Gasteiger partial charge on any atom is -0.481 e. The van der Waals surface area contributed by atoms with Crippen LogP contribution in [0.25, 0.3) is 0 Å². The van der Waals surface area contributed by atoms with Crippen LogP contribution in [-0.2, 0) is 22.4 Å². The van der Waals surface area contributed by atoms with Gasteiger partial charge in [-0.25, -0.2) is 4.98 Å². The summed E-state index contributed by atoms with van der Waals surface area (Å²) in [5.74, 6) is -1.08. The molecule has 1 heterocycles. The van der Waals surface area contributed by atoms with Crippen molar-refractivity contribution in [1.29, 1.82) is 0 Å². The van der Waals surface area contributed by atoms with E-state index in [2.05, 4.69) is 10.3 Å². The Hall–Kier alpha value is -2.99. The zero-order valence-corrected chi connectivity index (χ0v) is 14.8. The SMILES string of the molecule is O=C(O)Cc1csc(CC(=O)NC(c2ccccc2)c2ccccc2)n1. The van der Waals surface area contributed by atoms with Crippen LogP contribution in [0.3, 0.4) is 0 Å². The first-order valence-corrected chi connectivity index (χ1v) is 9.04. The summed E-state index contributed by atoms with van der Waals surface area (Å²) in [5.41, 5.74) is 2.48. The molecule has 0 radical (unpaired) electrons. The summed E-state index contributed by atoms with van der Waals surface area (Å²) in [6, 6.07) is 19.3. The number of carbonyl (C=O) groups is 2. The van der Waals surface area contributed by atoms with Crippen LogP contribution >= 0.6 is 11.3 Å². The van der Waals surface area contributed by atoms with Gasteiger partial charge in [-0.3, -0.25) is 9.59 Å². The number of nitrogens with one attached hydrogen (secondary N) is 1. The van der Waals surface area contributed by atoms with Crippen molar-refractivity contribution in [1.82, 2.24) is 10.3 Å². The Kier molecular flexibility index (Phi) is 5.76. The van der Waals surface area contributed by atoms with Crippen LogP contribution in [0.2, 0.25) is 0 Å². The molecule has 0 bridgehead atoms. The van der Waals surface area contributed by atoms with Gasteiger partial charge in [0.1, 0.15) is 5.01 Å². The predicted molar refractivity (Wildman–Crippen MR) is 100 cm³/mol. The van der Waals surface area contributed by atoms with Gasteiger partial charge < -0.3 is 10.4 Å². The highest BCUT2D eigenvalue weighted by Crippen LogP contribution is 2.22. The smallest absolute Gasteiger partial charge is 0.309 e. The second-order valence-electron chi connectivity index (χ2n) is 5.80. The van der Waals surface area contributed by atoms with E-state index in [9.17, 15) is 9.59 Å². The molecule has 0 aliphatic rings.